The lowest BCUT2D eigenvalue weighted by atomic mass is 10.0. The van der Waals surface area contributed by atoms with E-state index >= 15 is 0 Å². The number of esters is 2. The first-order valence-corrected chi connectivity index (χ1v) is 5.25. The fraction of sp³-hybridized carbons (Fsp3) is 0.800. The predicted molar refractivity (Wildman–Crippen MR) is 57.3 cm³/mol. The summed E-state index contributed by atoms with van der Waals surface area (Å²) in [5, 5.41) is 36.9. The lowest BCUT2D eigenvalue weighted by Gasteiger charge is -2.27. The first-order chi connectivity index (χ1) is 8.29. The summed E-state index contributed by atoms with van der Waals surface area (Å²) in [5.41, 5.74) is 0. The summed E-state index contributed by atoms with van der Waals surface area (Å²) in [6.07, 6.45) is -6.37. The Morgan fingerprint density at radius 1 is 1.06 bits per heavy atom. The normalized spacial score (nSPS) is 17.4. The van der Waals surface area contributed by atoms with Crippen LogP contribution in [0.15, 0.2) is 0 Å². The van der Waals surface area contributed by atoms with Crippen LogP contribution >= 0.6 is 0 Å². The SMILES string of the molecule is CC(=O)OC[C@@H](OC(C)=O)[C@@H](O)[C@H](O)[C@H](O)CO. The molecular formula is C10H18O8. The standard InChI is InChI=1S/C10H18O8/c1-5(12)17-4-8(18-6(2)13)10(16)9(15)7(14)3-11/h7-11,14-16H,3-4H2,1-2H3/t7-,8-,9-,10-/m1/s1. The number of hydrogen-bond donors (Lipinski definition) is 4. The van der Waals surface area contributed by atoms with Crippen molar-refractivity contribution in [3.8, 4) is 0 Å². The van der Waals surface area contributed by atoms with Gasteiger partial charge in [0.25, 0.3) is 0 Å². The van der Waals surface area contributed by atoms with Crippen LogP contribution in [0.2, 0.25) is 0 Å². The topological polar surface area (TPSA) is 134 Å². The molecule has 0 aromatic rings. The van der Waals surface area contributed by atoms with Crippen LogP contribution in [-0.2, 0) is 19.1 Å². The molecule has 18 heavy (non-hydrogen) atoms. The van der Waals surface area contributed by atoms with E-state index in [2.05, 4.69) is 9.47 Å². The van der Waals surface area contributed by atoms with Gasteiger partial charge in [0.2, 0.25) is 0 Å². The molecule has 0 aromatic heterocycles. The molecule has 0 aliphatic heterocycles. The molecule has 0 aliphatic rings. The van der Waals surface area contributed by atoms with E-state index < -0.39 is 49.6 Å². The fourth-order valence-corrected chi connectivity index (χ4v) is 1.17. The Labute approximate surface area is 104 Å². The molecule has 0 bridgehead atoms. The first-order valence-electron chi connectivity index (χ1n) is 5.25. The molecule has 106 valence electrons. The summed E-state index contributed by atoms with van der Waals surface area (Å²) in [6.45, 7) is 0.947. The summed E-state index contributed by atoms with van der Waals surface area (Å²) < 4.78 is 9.22. The third kappa shape index (κ3) is 5.92. The van der Waals surface area contributed by atoms with Gasteiger partial charge in [-0.3, -0.25) is 9.59 Å². The summed E-state index contributed by atoms with van der Waals surface area (Å²) in [7, 11) is 0. The number of aliphatic hydroxyl groups is 4. The van der Waals surface area contributed by atoms with E-state index in [1.165, 1.54) is 0 Å². The predicted octanol–water partition coefficient (Wildman–Crippen LogP) is -2.44. The molecular weight excluding hydrogens is 248 g/mol. The molecule has 4 N–H and O–H groups in total. The quantitative estimate of drug-likeness (QED) is 0.373. The lowest BCUT2D eigenvalue weighted by Crippen LogP contribution is -2.49. The Bertz CT molecular complexity index is 279. The lowest BCUT2D eigenvalue weighted by molar-refractivity contribution is -0.175. The van der Waals surface area contributed by atoms with Gasteiger partial charge in [0, 0.05) is 13.8 Å². The highest BCUT2D eigenvalue weighted by Gasteiger charge is 2.33. The van der Waals surface area contributed by atoms with Crippen LogP contribution in [0.1, 0.15) is 13.8 Å². The summed E-state index contributed by atoms with van der Waals surface area (Å²) in [4.78, 5) is 21.4. The van der Waals surface area contributed by atoms with Crippen molar-refractivity contribution < 1.29 is 39.5 Å². The minimum Gasteiger partial charge on any atom is -0.462 e. The molecule has 0 radical (unpaired) electrons. The zero-order valence-corrected chi connectivity index (χ0v) is 10.1. The summed E-state index contributed by atoms with van der Waals surface area (Å²) in [5.74, 6) is -1.41. The Hall–Kier alpha value is -1.22. The maximum absolute atomic E-state index is 10.8. The van der Waals surface area contributed by atoms with Crippen molar-refractivity contribution in [2.24, 2.45) is 0 Å². The third-order valence-electron chi connectivity index (χ3n) is 2.08. The minimum absolute atomic E-state index is 0.467. The van der Waals surface area contributed by atoms with Crippen molar-refractivity contribution in [3.63, 3.8) is 0 Å². The van der Waals surface area contributed by atoms with Gasteiger partial charge in [0.15, 0.2) is 6.10 Å². The van der Waals surface area contributed by atoms with Crippen molar-refractivity contribution in [3.05, 3.63) is 0 Å². The van der Waals surface area contributed by atoms with Crippen LogP contribution in [0, 0.1) is 0 Å². The number of hydrogen-bond acceptors (Lipinski definition) is 8. The Kier molecular flexibility index (Phi) is 7.44. The van der Waals surface area contributed by atoms with E-state index in [9.17, 15) is 19.8 Å². The minimum atomic E-state index is -1.74. The van der Waals surface area contributed by atoms with Crippen molar-refractivity contribution in [1.82, 2.24) is 0 Å². The molecule has 8 heteroatoms. The van der Waals surface area contributed by atoms with Gasteiger partial charge in [-0.15, -0.1) is 0 Å². The van der Waals surface area contributed by atoms with E-state index in [1.54, 1.807) is 0 Å². The number of ether oxygens (including phenoxy) is 2. The van der Waals surface area contributed by atoms with Crippen molar-refractivity contribution in [2.75, 3.05) is 13.2 Å². The highest BCUT2D eigenvalue weighted by Crippen LogP contribution is 2.09. The largest absolute Gasteiger partial charge is 0.462 e. The molecule has 0 spiro atoms. The molecule has 0 amide bonds. The second-order valence-electron chi connectivity index (χ2n) is 3.68. The van der Waals surface area contributed by atoms with Gasteiger partial charge in [-0.05, 0) is 0 Å². The number of carbonyl (C=O) groups is 2. The number of rotatable bonds is 7. The highest BCUT2D eigenvalue weighted by atomic mass is 16.6. The van der Waals surface area contributed by atoms with Crippen LogP contribution in [0.25, 0.3) is 0 Å². The highest BCUT2D eigenvalue weighted by molar-refractivity contribution is 5.67. The third-order valence-corrected chi connectivity index (χ3v) is 2.08. The van der Waals surface area contributed by atoms with Gasteiger partial charge in [-0.2, -0.15) is 0 Å². The molecule has 8 nitrogen and oxygen atoms in total. The van der Waals surface area contributed by atoms with Gasteiger partial charge in [-0.1, -0.05) is 0 Å². The van der Waals surface area contributed by atoms with Gasteiger partial charge in [-0.25, -0.2) is 0 Å². The second-order valence-corrected chi connectivity index (χ2v) is 3.68. The van der Waals surface area contributed by atoms with Gasteiger partial charge in [0.1, 0.15) is 24.9 Å². The summed E-state index contributed by atoms with van der Waals surface area (Å²) in [6, 6.07) is 0. The van der Waals surface area contributed by atoms with Gasteiger partial charge in [0.05, 0.1) is 6.61 Å². The summed E-state index contributed by atoms with van der Waals surface area (Å²) >= 11 is 0. The zero-order chi connectivity index (χ0) is 14.3. The van der Waals surface area contributed by atoms with Gasteiger partial charge < -0.3 is 29.9 Å². The molecule has 0 rings (SSSR count). The second kappa shape index (κ2) is 7.98. The smallest absolute Gasteiger partial charge is 0.303 e. The first kappa shape index (κ1) is 16.8. The van der Waals surface area contributed by atoms with E-state index in [4.69, 9.17) is 10.2 Å². The molecule has 0 saturated heterocycles. The molecule has 0 aromatic carbocycles. The average Bonchev–Trinajstić information content (AvgIpc) is 2.30. The maximum Gasteiger partial charge on any atom is 0.303 e. The monoisotopic (exact) mass is 266 g/mol. The van der Waals surface area contributed by atoms with Crippen LogP contribution in [0.3, 0.4) is 0 Å². The number of carbonyl (C=O) groups excluding carboxylic acids is 2. The van der Waals surface area contributed by atoms with Crippen molar-refractivity contribution >= 4 is 11.9 Å². The Balaban J connectivity index is 4.61. The van der Waals surface area contributed by atoms with Crippen LogP contribution in [0.5, 0.6) is 0 Å². The average molecular weight is 266 g/mol. The van der Waals surface area contributed by atoms with Gasteiger partial charge >= 0.3 is 11.9 Å². The molecule has 0 fully saturated rings. The van der Waals surface area contributed by atoms with E-state index in [-0.39, 0.29) is 0 Å². The fourth-order valence-electron chi connectivity index (χ4n) is 1.17. The molecule has 0 heterocycles. The Morgan fingerprint density at radius 3 is 2.00 bits per heavy atom. The maximum atomic E-state index is 10.8. The van der Waals surface area contributed by atoms with E-state index in [0.29, 0.717) is 0 Å². The van der Waals surface area contributed by atoms with Crippen LogP contribution in [0.4, 0.5) is 0 Å². The van der Waals surface area contributed by atoms with E-state index in [1.807, 2.05) is 0 Å². The number of aliphatic hydroxyl groups excluding tert-OH is 4. The Morgan fingerprint density at radius 2 is 1.61 bits per heavy atom. The molecule has 0 saturated carbocycles. The zero-order valence-electron chi connectivity index (χ0n) is 10.1. The molecule has 0 unspecified atom stereocenters. The van der Waals surface area contributed by atoms with Crippen LogP contribution < -0.4 is 0 Å². The van der Waals surface area contributed by atoms with Crippen LogP contribution in [-0.4, -0.2) is 70.0 Å². The van der Waals surface area contributed by atoms with Crippen molar-refractivity contribution in [1.29, 1.82) is 0 Å². The molecule has 0 aliphatic carbocycles. The molecule has 4 atom stereocenters. The van der Waals surface area contributed by atoms with Crippen molar-refractivity contribution in [2.45, 2.75) is 38.3 Å². The van der Waals surface area contributed by atoms with E-state index in [0.717, 1.165) is 13.8 Å².